The average molecular weight is 1070 g/mol. The van der Waals surface area contributed by atoms with Gasteiger partial charge in [-0.15, -0.1) is 0 Å². The lowest BCUT2D eigenvalue weighted by molar-refractivity contribution is -0.137. The summed E-state index contributed by atoms with van der Waals surface area (Å²) < 4.78 is 73.0. The Bertz CT molecular complexity index is 2630. The number of aliphatic hydroxyl groups is 2. The van der Waals surface area contributed by atoms with Gasteiger partial charge in [0.15, 0.2) is 22.8 Å². The summed E-state index contributed by atoms with van der Waals surface area (Å²) in [7, 11) is -15.0. The monoisotopic (exact) mass is 1070 g/mol. The van der Waals surface area contributed by atoms with E-state index in [9.17, 15) is 67.8 Å². The summed E-state index contributed by atoms with van der Waals surface area (Å²) in [6.45, 7) is 3.95. The van der Waals surface area contributed by atoms with Gasteiger partial charge in [-0.05, 0) is 32.3 Å². The molecule has 2 aliphatic heterocycles. The fourth-order valence-electron chi connectivity index (χ4n) is 7.07. The lowest BCUT2D eigenvalue weighted by Crippen LogP contribution is -2.46. The highest BCUT2D eigenvalue weighted by Crippen LogP contribution is 2.61. The molecule has 3 aromatic rings. The minimum absolute atomic E-state index is 0.0187. The number of methoxy groups -OCH3 is 1. The smallest absolute Gasteiger partial charge is 0.481 e. The van der Waals surface area contributed by atoms with Crippen molar-refractivity contribution in [2.24, 2.45) is 5.41 Å². The molecule has 0 bridgehead atoms. The number of anilines is 1. The van der Waals surface area contributed by atoms with Gasteiger partial charge in [-0.3, -0.25) is 32.5 Å². The van der Waals surface area contributed by atoms with Gasteiger partial charge >= 0.3 is 29.4 Å². The van der Waals surface area contributed by atoms with Crippen LogP contribution < -0.4 is 21.1 Å². The number of nitrogens with one attached hydrogen (secondary N) is 2. The fourth-order valence-corrected chi connectivity index (χ4v) is 10.6. The summed E-state index contributed by atoms with van der Waals surface area (Å²) in [5, 5.41) is 37.2. The van der Waals surface area contributed by atoms with Crippen molar-refractivity contribution < 1.29 is 99.9 Å². The van der Waals surface area contributed by atoms with Crippen LogP contribution in [-0.2, 0) is 68.5 Å². The second kappa shape index (κ2) is 23.4. The minimum atomic E-state index is -5.61. The molecule has 2 aromatic heterocycles. The standard InChI is InChI=1S/C38H54N7O21P3S/c1-19(6-8-21-28(48)26-22(14-61-37(26)52)20(2)30(21)60-5)7-9-25(47)70-13-12-40-24(46)10-11-41-35(51)32(50)38(3,4)16-63-69(58,59)66-68(56,57)62-15-23-31(65-67(53,54)55)29(49)36(64-23)45-18-44-27-33(39)42-17-43-34(27)45/h6,17-18,23,29,31-32,36,48-50H,7-16H2,1-5H3,(H,40,46)(H,41,51)(H,56,57)(H,58,59)(H2,39,42,43)(H2,53,54,55)/b19-6+/t23-,29-,31-,32+,36-/m1/s1. The number of phosphoric acid groups is 3. The van der Waals surface area contributed by atoms with Crippen LogP contribution >= 0.6 is 35.2 Å². The van der Waals surface area contributed by atoms with Crippen LogP contribution in [0.3, 0.4) is 0 Å². The number of nitrogens with two attached hydrogens (primary N) is 1. The Hall–Kier alpha value is -4.41. The number of aliphatic hydroxyl groups excluding tert-OH is 2. The minimum Gasteiger partial charge on any atom is -0.507 e. The molecule has 70 heavy (non-hydrogen) atoms. The van der Waals surface area contributed by atoms with E-state index in [1.54, 1.807) is 6.92 Å². The zero-order valence-corrected chi connectivity index (χ0v) is 41.7. The third kappa shape index (κ3) is 14.6. The average Bonchev–Trinajstić information content (AvgIpc) is 3.98. The topological polar surface area (TPSA) is 419 Å². The van der Waals surface area contributed by atoms with Gasteiger partial charge in [-0.2, -0.15) is 4.31 Å². The molecule has 0 saturated carbocycles. The Morgan fingerprint density at radius 2 is 1.76 bits per heavy atom. The zero-order chi connectivity index (χ0) is 51.9. The van der Waals surface area contributed by atoms with Crippen LogP contribution in [0.2, 0.25) is 0 Å². The van der Waals surface area contributed by atoms with E-state index in [-0.39, 0.29) is 78.1 Å². The predicted octanol–water partition coefficient (Wildman–Crippen LogP) is 1.33. The van der Waals surface area contributed by atoms with Crippen LogP contribution in [0.15, 0.2) is 24.3 Å². The highest BCUT2D eigenvalue weighted by Gasteiger charge is 2.50. The van der Waals surface area contributed by atoms with E-state index in [2.05, 4.69) is 34.4 Å². The number of imidazole rings is 1. The first-order chi connectivity index (χ1) is 32.6. The van der Waals surface area contributed by atoms with Gasteiger partial charge in [-0.1, -0.05) is 37.3 Å². The summed E-state index contributed by atoms with van der Waals surface area (Å²) >= 11 is 1.01. The maximum Gasteiger partial charge on any atom is 0.481 e. The molecule has 4 heterocycles. The molecule has 32 heteroatoms. The van der Waals surface area contributed by atoms with E-state index in [1.807, 2.05) is 13.0 Å². The Morgan fingerprint density at radius 1 is 1.06 bits per heavy atom. The normalized spacial score (nSPS) is 20.6. The number of aromatic nitrogens is 4. The summed E-state index contributed by atoms with van der Waals surface area (Å²) in [5.41, 5.74) is 6.92. The number of thioether (sulfide) groups is 1. The molecule has 2 unspecified atom stereocenters. The number of phenols is 1. The van der Waals surface area contributed by atoms with E-state index < -0.39 is 90.5 Å². The number of carbonyl (C=O) groups is 4. The number of rotatable bonds is 25. The van der Waals surface area contributed by atoms with Gasteiger partial charge in [0.2, 0.25) is 11.8 Å². The molecular formula is C38H54N7O21P3S. The van der Waals surface area contributed by atoms with E-state index in [0.29, 0.717) is 28.9 Å². The summed E-state index contributed by atoms with van der Waals surface area (Å²) in [6, 6.07) is 0. The van der Waals surface area contributed by atoms with Crippen molar-refractivity contribution in [2.75, 3.05) is 44.9 Å². The van der Waals surface area contributed by atoms with Gasteiger partial charge in [0, 0.05) is 48.2 Å². The van der Waals surface area contributed by atoms with Crippen molar-refractivity contribution in [3.63, 3.8) is 0 Å². The Morgan fingerprint density at radius 3 is 2.44 bits per heavy atom. The SMILES string of the molecule is COc1c(C)c2c(c(O)c1C/C=C(\C)CCC(=O)SCCNC(=O)CCNC(=O)[C@H](O)C(C)(C)COP(=O)(O)OP(=O)(O)OC[C@H]1O[C@@H](n3cnc4c(N)ncnc43)[C@H](O)[C@@H]1OP(=O)(O)O)C(=O)OC2. The van der Waals surface area contributed by atoms with Crippen LogP contribution in [0.25, 0.3) is 11.2 Å². The van der Waals surface area contributed by atoms with E-state index >= 15 is 0 Å². The number of phenolic OH excluding ortho intramolecular Hbond substituents is 1. The van der Waals surface area contributed by atoms with Crippen LogP contribution in [-0.4, -0.2) is 141 Å². The molecular weight excluding hydrogens is 1020 g/mol. The number of cyclic esters (lactones) is 1. The Balaban J connectivity index is 0.994. The number of ether oxygens (including phenoxy) is 3. The number of nitrogens with zero attached hydrogens (tertiary/aromatic N) is 4. The van der Waals surface area contributed by atoms with E-state index in [4.69, 9.17) is 29.0 Å². The van der Waals surface area contributed by atoms with Crippen LogP contribution in [0.5, 0.6) is 11.5 Å². The van der Waals surface area contributed by atoms with Crippen molar-refractivity contribution in [3.05, 3.63) is 46.6 Å². The molecule has 11 N–H and O–H groups in total. The molecule has 388 valence electrons. The van der Waals surface area contributed by atoms with Crippen LogP contribution in [0, 0.1) is 12.3 Å². The van der Waals surface area contributed by atoms with E-state index in [0.717, 1.165) is 34.6 Å². The first-order valence-corrected chi connectivity index (χ1v) is 26.4. The number of amides is 2. The van der Waals surface area contributed by atoms with Gasteiger partial charge < -0.3 is 65.5 Å². The number of carbonyl (C=O) groups excluding carboxylic acids is 4. The molecule has 7 atom stereocenters. The molecule has 2 aliphatic rings. The largest absolute Gasteiger partial charge is 0.507 e. The van der Waals surface area contributed by atoms with Crippen molar-refractivity contribution in [1.82, 2.24) is 30.2 Å². The second-order valence-corrected chi connectivity index (χ2v) is 21.8. The fraction of sp³-hybridized carbons (Fsp3) is 0.553. The number of benzene rings is 1. The summed E-state index contributed by atoms with van der Waals surface area (Å²) in [6.07, 6.45) is -4.40. The molecule has 0 radical (unpaired) electrons. The Labute approximate surface area is 403 Å². The lowest BCUT2D eigenvalue weighted by Gasteiger charge is -2.30. The zero-order valence-electron chi connectivity index (χ0n) is 38.2. The number of hydrogen-bond donors (Lipinski definition) is 10. The van der Waals surface area contributed by atoms with Gasteiger partial charge in [-0.25, -0.2) is 33.4 Å². The van der Waals surface area contributed by atoms with Crippen LogP contribution in [0.1, 0.15) is 73.3 Å². The summed E-state index contributed by atoms with van der Waals surface area (Å²) in [4.78, 5) is 101. The lowest BCUT2D eigenvalue weighted by atomic mass is 9.87. The highest BCUT2D eigenvalue weighted by molar-refractivity contribution is 8.13. The first kappa shape index (κ1) is 56.5. The van der Waals surface area contributed by atoms with Crippen molar-refractivity contribution in [3.8, 4) is 11.5 Å². The molecule has 2 amide bonds. The number of aromatic hydroxyl groups is 1. The van der Waals surface area contributed by atoms with Crippen molar-refractivity contribution >= 4 is 75.1 Å². The maximum absolute atomic E-state index is 12.8. The number of allylic oxidation sites excluding steroid dienone is 2. The van der Waals surface area contributed by atoms with Gasteiger partial charge in [0.05, 0.1) is 26.7 Å². The third-order valence-electron chi connectivity index (χ3n) is 10.8. The molecule has 1 aromatic carbocycles. The van der Waals surface area contributed by atoms with E-state index in [1.165, 1.54) is 21.0 Å². The molecule has 1 saturated heterocycles. The highest BCUT2D eigenvalue weighted by atomic mass is 32.2. The van der Waals surface area contributed by atoms with Crippen LogP contribution in [0.4, 0.5) is 5.82 Å². The maximum atomic E-state index is 12.8. The van der Waals surface area contributed by atoms with Gasteiger partial charge in [0.1, 0.15) is 59.9 Å². The molecule has 0 spiro atoms. The predicted molar refractivity (Wildman–Crippen MR) is 242 cm³/mol. The third-order valence-corrected chi connectivity index (χ3v) is 14.8. The molecule has 0 aliphatic carbocycles. The molecule has 1 fully saturated rings. The Kier molecular flexibility index (Phi) is 18.9. The molecule has 5 rings (SSSR count). The number of esters is 1. The van der Waals surface area contributed by atoms with Crippen molar-refractivity contribution in [2.45, 2.75) is 90.6 Å². The number of fused-ring (bicyclic) bond motifs is 2. The second-order valence-electron chi connectivity index (χ2n) is 16.5. The van der Waals surface area contributed by atoms with Crippen molar-refractivity contribution in [1.29, 1.82) is 0 Å². The number of phosphoric ester groups is 3. The number of nitrogen functional groups attached to an aromatic ring is 1. The quantitative estimate of drug-likeness (QED) is 0.0248. The van der Waals surface area contributed by atoms with Gasteiger partial charge in [0.25, 0.3) is 0 Å². The first-order valence-electron chi connectivity index (χ1n) is 20.9. The molecule has 28 nitrogen and oxygen atoms in total. The summed E-state index contributed by atoms with van der Waals surface area (Å²) in [5.74, 6) is -1.64. The number of hydrogen-bond acceptors (Lipinski definition) is 22.